The summed E-state index contributed by atoms with van der Waals surface area (Å²) in [4.78, 5) is 10.7. The van der Waals surface area contributed by atoms with Gasteiger partial charge in [-0.2, -0.15) is 0 Å². The standard InChI is InChI=1S/C10H11BrO4/c1-14-8-4-3-7(11)6(5-9(12)13)10(8)15-2/h3-4H,5H2,1-2H3,(H,12,13). The van der Waals surface area contributed by atoms with Crippen LogP contribution in [0, 0.1) is 0 Å². The number of rotatable bonds is 4. The molecule has 0 aliphatic heterocycles. The van der Waals surface area contributed by atoms with Crippen molar-refractivity contribution in [2.24, 2.45) is 0 Å². The number of carboxylic acids is 1. The zero-order valence-corrected chi connectivity index (χ0v) is 10.00. The highest BCUT2D eigenvalue weighted by Gasteiger charge is 2.15. The fourth-order valence-corrected chi connectivity index (χ4v) is 1.74. The van der Waals surface area contributed by atoms with Gasteiger partial charge in [0.2, 0.25) is 0 Å². The molecule has 0 heterocycles. The summed E-state index contributed by atoms with van der Waals surface area (Å²) in [5.41, 5.74) is 0.573. The molecule has 82 valence electrons. The maximum Gasteiger partial charge on any atom is 0.308 e. The van der Waals surface area contributed by atoms with Gasteiger partial charge < -0.3 is 14.6 Å². The summed E-state index contributed by atoms with van der Waals surface area (Å²) in [6, 6.07) is 3.45. The Morgan fingerprint density at radius 1 is 1.40 bits per heavy atom. The first-order chi connectivity index (χ1) is 7.10. The number of aliphatic carboxylic acids is 1. The van der Waals surface area contributed by atoms with E-state index in [-0.39, 0.29) is 6.42 Å². The van der Waals surface area contributed by atoms with Crippen LogP contribution in [0.15, 0.2) is 16.6 Å². The van der Waals surface area contributed by atoms with Gasteiger partial charge in [-0.1, -0.05) is 15.9 Å². The van der Waals surface area contributed by atoms with Crippen molar-refractivity contribution in [3.05, 3.63) is 22.2 Å². The van der Waals surface area contributed by atoms with E-state index in [2.05, 4.69) is 15.9 Å². The van der Waals surface area contributed by atoms with Gasteiger partial charge in [0.05, 0.1) is 20.6 Å². The highest BCUT2D eigenvalue weighted by molar-refractivity contribution is 9.10. The molecule has 15 heavy (non-hydrogen) atoms. The molecule has 1 rings (SSSR count). The zero-order chi connectivity index (χ0) is 11.4. The van der Waals surface area contributed by atoms with E-state index in [1.54, 1.807) is 12.1 Å². The van der Waals surface area contributed by atoms with Gasteiger partial charge in [0.1, 0.15) is 0 Å². The van der Waals surface area contributed by atoms with Crippen LogP contribution in [-0.4, -0.2) is 25.3 Å². The molecule has 0 bridgehead atoms. The summed E-state index contributed by atoms with van der Waals surface area (Å²) in [6.07, 6.45) is -0.110. The second-order valence-electron chi connectivity index (χ2n) is 2.83. The Labute approximate surface area is 95.9 Å². The van der Waals surface area contributed by atoms with Crippen molar-refractivity contribution in [2.45, 2.75) is 6.42 Å². The van der Waals surface area contributed by atoms with Gasteiger partial charge in [-0.15, -0.1) is 0 Å². The van der Waals surface area contributed by atoms with Gasteiger partial charge in [0, 0.05) is 10.0 Å². The molecule has 4 nitrogen and oxygen atoms in total. The third kappa shape index (κ3) is 2.62. The third-order valence-electron chi connectivity index (χ3n) is 1.92. The van der Waals surface area contributed by atoms with Crippen LogP contribution < -0.4 is 9.47 Å². The summed E-state index contributed by atoms with van der Waals surface area (Å²) in [5, 5.41) is 8.76. The molecule has 0 saturated carbocycles. The molecule has 0 radical (unpaired) electrons. The third-order valence-corrected chi connectivity index (χ3v) is 2.66. The van der Waals surface area contributed by atoms with Crippen molar-refractivity contribution < 1.29 is 19.4 Å². The van der Waals surface area contributed by atoms with E-state index in [1.165, 1.54) is 14.2 Å². The van der Waals surface area contributed by atoms with Crippen molar-refractivity contribution in [3.63, 3.8) is 0 Å². The first-order valence-corrected chi connectivity index (χ1v) is 5.00. The summed E-state index contributed by atoms with van der Waals surface area (Å²) < 4.78 is 10.9. The van der Waals surface area contributed by atoms with E-state index in [0.717, 1.165) is 0 Å². The molecule has 0 saturated heterocycles. The first kappa shape index (κ1) is 11.8. The maximum absolute atomic E-state index is 10.7. The van der Waals surface area contributed by atoms with Crippen LogP contribution in [0.5, 0.6) is 11.5 Å². The minimum Gasteiger partial charge on any atom is -0.493 e. The van der Waals surface area contributed by atoms with Gasteiger partial charge in [-0.05, 0) is 12.1 Å². The van der Waals surface area contributed by atoms with Crippen molar-refractivity contribution in [1.29, 1.82) is 0 Å². The summed E-state index contributed by atoms with van der Waals surface area (Å²) >= 11 is 3.28. The van der Waals surface area contributed by atoms with Gasteiger partial charge in [0.15, 0.2) is 11.5 Å². The minimum absolute atomic E-state index is 0.110. The molecule has 0 aliphatic carbocycles. The average Bonchev–Trinajstić information content (AvgIpc) is 2.20. The molecule has 0 atom stereocenters. The molecule has 1 aromatic carbocycles. The van der Waals surface area contributed by atoms with E-state index in [9.17, 15) is 4.79 Å². The lowest BCUT2D eigenvalue weighted by molar-refractivity contribution is -0.136. The molecule has 5 heteroatoms. The summed E-state index contributed by atoms with van der Waals surface area (Å²) in [6.45, 7) is 0. The van der Waals surface area contributed by atoms with Gasteiger partial charge in [0.25, 0.3) is 0 Å². The predicted molar refractivity (Wildman–Crippen MR) is 58.6 cm³/mol. The van der Waals surface area contributed by atoms with E-state index in [1.807, 2.05) is 0 Å². The zero-order valence-electron chi connectivity index (χ0n) is 8.41. The number of carboxylic acid groups (broad SMARTS) is 1. The molecule has 0 fully saturated rings. The van der Waals surface area contributed by atoms with Crippen molar-refractivity contribution in [2.75, 3.05) is 14.2 Å². The number of methoxy groups -OCH3 is 2. The maximum atomic E-state index is 10.7. The predicted octanol–water partition coefficient (Wildman–Crippen LogP) is 2.09. The number of hydrogen-bond donors (Lipinski definition) is 1. The number of carbonyl (C=O) groups is 1. The Morgan fingerprint density at radius 3 is 2.53 bits per heavy atom. The fourth-order valence-electron chi connectivity index (χ4n) is 1.28. The van der Waals surface area contributed by atoms with Crippen LogP contribution in [-0.2, 0) is 11.2 Å². The molecular weight excluding hydrogens is 264 g/mol. The Hall–Kier alpha value is -1.23. The molecule has 0 aromatic heterocycles. The molecule has 1 N–H and O–H groups in total. The topological polar surface area (TPSA) is 55.8 Å². The number of benzene rings is 1. The summed E-state index contributed by atoms with van der Waals surface area (Å²) in [7, 11) is 2.99. The van der Waals surface area contributed by atoms with E-state index in [4.69, 9.17) is 14.6 Å². The summed E-state index contributed by atoms with van der Waals surface area (Å²) in [5.74, 6) is 0.0634. The lowest BCUT2D eigenvalue weighted by Crippen LogP contribution is -2.04. The lowest BCUT2D eigenvalue weighted by Gasteiger charge is -2.12. The van der Waals surface area contributed by atoms with Crippen LogP contribution >= 0.6 is 15.9 Å². The molecule has 0 spiro atoms. The SMILES string of the molecule is COc1ccc(Br)c(CC(=O)O)c1OC. The Morgan fingerprint density at radius 2 is 2.07 bits per heavy atom. The lowest BCUT2D eigenvalue weighted by atomic mass is 10.1. The molecule has 0 unspecified atom stereocenters. The van der Waals surface area contributed by atoms with Crippen molar-refractivity contribution >= 4 is 21.9 Å². The smallest absolute Gasteiger partial charge is 0.308 e. The van der Waals surface area contributed by atoms with Crippen LogP contribution in [0.4, 0.5) is 0 Å². The quantitative estimate of drug-likeness (QED) is 0.914. The van der Waals surface area contributed by atoms with Crippen molar-refractivity contribution in [3.8, 4) is 11.5 Å². The van der Waals surface area contributed by atoms with Gasteiger partial charge >= 0.3 is 5.97 Å². The van der Waals surface area contributed by atoms with E-state index >= 15 is 0 Å². The van der Waals surface area contributed by atoms with Gasteiger partial charge in [-0.3, -0.25) is 4.79 Å². The van der Waals surface area contributed by atoms with Gasteiger partial charge in [-0.25, -0.2) is 0 Å². The Balaban J connectivity index is 3.25. The number of halogens is 1. The normalized spacial score (nSPS) is 9.80. The van der Waals surface area contributed by atoms with Crippen molar-refractivity contribution in [1.82, 2.24) is 0 Å². The highest BCUT2D eigenvalue weighted by atomic mass is 79.9. The van der Waals surface area contributed by atoms with Crippen LogP contribution in [0.2, 0.25) is 0 Å². The van der Waals surface area contributed by atoms with Crippen LogP contribution in [0.3, 0.4) is 0 Å². The van der Waals surface area contributed by atoms with E-state index < -0.39 is 5.97 Å². The first-order valence-electron chi connectivity index (χ1n) is 4.21. The molecular formula is C10H11BrO4. The minimum atomic E-state index is -0.915. The Bertz CT molecular complexity index is 376. The second kappa shape index (κ2) is 5.02. The number of hydrogen-bond acceptors (Lipinski definition) is 3. The fraction of sp³-hybridized carbons (Fsp3) is 0.300. The monoisotopic (exact) mass is 274 g/mol. The largest absolute Gasteiger partial charge is 0.493 e. The number of ether oxygens (including phenoxy) is 2. The highest BCUT2D eigenvalue weighted by Crippen LogP contribution is 2.36. The van der Waals surface area contributed by atoms with Crippen LogP contribution in [0.25, 0.3) is 0 Å². The molecule has 1 aromatic rings. The van der Waals surface area contributed by atoms with Crippen LogP contribution in [0.1, 0.15) is 5.56 Å². The molecule has 0 aliphatic rings. The second-order valence-corrected chi connectivity index (χ2v) is 3.69. The van der Waals surface area contributed by atoms with E-state index in [0.29, 0.717) is 21.5 Å². The average molecular weight is 275 g/mol. The molecule has 0 amide bonds. The Kier molecular flexibility index (Phi) is 3.96.